The number of carbonyl (C=O) groups excluding carboxylic acids is 1. The highest BCUT2D eigenvalue weighted by molar-refractivity contribution is 5.93. The van der Waals surface area contributed by atoms with Crippen LogP contribution in [0.2, 0.25) is 0 Å². The number of aromatic nitrogens is 1. The Morgan fingerprint density at radius 2 is 2.50 bits per heavy atom. The van der Waals surface area contributed by atoms with Gasteiger partial charge in [-0.15, -0.1) is 0 Å². The van der Waals surface area contributed by atoms with Gasteiger partial charge < -0.3 is 10.1 Å². The second-order valence-corrected chi connectivity index (χ2v) is 7.22. The molecular weight excluding hydrogens is 308 g/mol. The number of rotatable bonds is 4. The maximum Gasteiger partial charge on any atom is 0.276 e. The van der Waals surface area contributed by atoms with Crippen molar-refractivity contribution < 1.29 is 14.7 Å². The third-order valence-corrected chi connectivity index (χ3v) is 5.63. The molecule has 0 spiro atoms. The minimum absolute atomic E-state index is 0.0664. The van der Waals surface area contributed by atoms with Gasteiger partial charge in [-0.25, -0.2) is 5.48 Å². The molecule has 1 aromatic rings. The number of hydrogen-bond donors (Lipinski definition) is 3. The molecule has 7 nitrogen and oxygen atoms in total. The van der Waals surface area contributed by atoms with Crippen LogP contribution in [-0.4, -0.2) is 58.4 Å². The minimum atomic E-state index is -0.519. The zero-order chi connectivity index (χ0) is 16.7. The molecule has 0 unspecified atom stereocenters. The van der Waals surface area contributed by atoms with Crippen LogP contribution in [-0.2, 0) is 17.7 Å². The van der Waals surface area contributed by atoms with Gasteiger partial charge in [0.25, 0.3) is 5.91 Å². The quantitative estimate of drug-likeness (QED) is 0.549. The molecule has 3 atom stereocenters. The Labute approximate surface area is 141 Å². The van der Waals surface area contributed by atoms with Crippen LogP contribution < -0.4 is 10.8 Å². The van der Waals surface area contributed by atoms with Crippen LogP contribution in [0.1, 0.15) is 41.4 Å². The Morgan fingerprint density at radius 3 is 3.12 bits per heavy atom. The van der Waals surface area contributed by atoms with Crippen LogP contribution in [0.4, 0.5) is 0 Å². The zero-order valence-electron chi connectivity index (χ0n) is 13.9. The van der Waals surface area contributed by atoms with E-state index in [-0.39, 0.29) is 5.60 Å². The number of nitrogens with zero attached hydrogens (tertiary/aromatic N) is 2. The van der Waals surface area contributed by atoms with E-state index in [4.69, 9.17) is 9.94 Å². The van der Waals surface area contributed by atoms with Crippen LogP contribution in [0, 0.1) is 0 Å². The normalized spacial score (nSPS) is 31.9. The van der Waals surface area contributed by atoms with Gasteiger partial charge in [0, 0.05) is 50.0 Å². The van der Waals surface area contributed by atoms with Crippen LogP contribution in [0.5, 0.6) is 0 Å². The Balaban J connectivity index is 1.56. The zero-order valence-corrected chi connectivity index (χ0v) is 13.9. The summed E-state index contributed by atoms with van der Waals surface area (Å²) in [5.41, 5.74) is 4.13. The first-order valence-electron chi connectivity index (χ1n) is 8.66. The number of fused-ring (bicyclic) bond motifs is 3. The van der Waals surface area contributed by atoms with E-state index < -0.39 is 5.91 Å². The molecule has 1 aromatic heterocycles. The molecule has 3 aliphatic heterocycles. The molecule has 0 saturated carbocycles. The molecule has 0 radical (unpaired) electrons. The molecule has 4 heterocycles. The monoisotopic (exact) mass is 332 g/mol. The lowest BCUT2D eigenvalue weighted by Crippen LogP contribution is -2.52. The highest BCUT2D eigenvalue weighted by Crippen LogP contribution is 2.35. The van der Waals surface area contributed by atoms with Crippen molar-refractivity contribution in [3.63, 3.8) is 0 Å². The molecule has 2 bridgehead atoms. The summed E-state index contributed by atoms with van der Waals surface area (Å²) in [5, 5.41) is 12.3. The summed E-state index contributed by atoms with van der Waals surface area (Å²) >= 11 is 0. The van der Waals surface area contributed by atoms with E-state index in [1.54, 1.807) is 5.48 Å². The van der Waals surface area contributed by atoms with E-state index in [1.807, 2.05) is 6.07 Å². The molecule has 2 saturated heterocycles. The van der Waals surface area contributed by atoms with Gasteiger partial charge in [-0.05, 0) is 24.5 Å². The Bertz CT molecular complexity index is 643. The van der Waals surface area contributed by atoms with Gasteiger partial charge in [0.1, 0.15) is 0 Å². The number of hydrogen-bond acceptors (Lipinski definition) is 6. The maximum atomic E-state index is 11.6. The third kappa shape index (κ3) is 2.71. The summed E-state index contributed by atoms with van der Waals surface area (Å²) in [6.45, 7) is 5.61. The number of pyridine rings is 1. The van der Waals surface area contributed by atoms with Gasteiger partial charge in [-0.3, -0.25) is 19.9 Å². The van der Waals surface area contributed by atoms with Crippen molar-refractivity contribution in [2.75, 3.05) is 19.7 Å². The number of morpholine rings is 1. The smallest absolute Gasteiger partial charge is 0.276 e. The lowest BCUT2D eigenvalue weighted by molar-refractivity contribution is -0.0424. The second kappa shape index (κ2) is 6.07. The first-order chi connectivity index (χ1) is 11.6. The Morgan fingerprint density at radius 1 is 1.62 bits per heavy atom. The lowest BCUT2D eigenvalue weighted by Gasteiger charge is -2.41. The van der Waals surface area contributed by atoms with Gasteiger partial charge in [-0.1, -0.05) is 6.92 Å². The number of amides is 1. The fraction of sp³-hybridized carbons (Fsp3) is 0.647. The molecule has 24 heavy (non-hydrogen) atoms. The number of carbonyl (C=O) groups is 1. The number of ether oxygens (including phenoxy) is 1. The van der Waals surface area contributed by atoms with Crippen molar-refractivity contribution in [3.8, 4) is 0 Å². The van der Waals surface area contributed by atoms with E-state index in [0.29, 0.717) is 17.6 Å². The van der Waals surface area contributed by atoms with E-state index in [0.717, 1.165) is 56.8 Å². The van der Waals surface area contributed by atoms with Gasteiger partial charge in [0.2, 0.25) is 0 Å². The minimum Gasteiger partial charge on any atom is -0.371 e. The lowest BCUT2D eigenvalue weighted by atomic mass is 9.93. The average molecular weight is 332 g/mol. The third-order valence-electron chi connectivity index (χ3n) is 5.63. The molecule has 0 aliphatic carbocycles. The van der Waals surface area contributed by atoms with Crippen molar-refractivity contribution >= 4 is 5.91 Å². The van der Waals surface area contributed by atoms with Crippen LogP contribution in [0.25, 0.3) is 0 Å². The molecule has 7 heteroatoms. The van der Waals surface area contributed by atoms with Crippen molar-refractivity contribution in [3.05, 3.63) is 29.1 Å². The number of nitrogens with one attached hydrogen (secondary N) is 2. The van der Waals surface area contributed by atoms with E-state index in [1.165, 1.54) is 6.20 Å². The van der Waals surface area contributed by atoms with E-state index >= 15 is 0 Å². The fourth-order valence-electron chi connectivity index (χ4n) is 4.30. The molecule has 3 aliphatic rings. The highest BCUT2D eigenvalue weighted by atomic mass is 16.5. The van der Waals surface area contributed by atoms with Gasteiger partial charge in [0.05, 0.1) is 17.8 Å². The van der Waals surface area contributed by atoms with Crippen molar-refractivity contribution in [2.45, 2.75) is 50.4 Å². The van der Waals surface area contributed by atoms with Crippen LogP contribution >= 0.6 is 0 Å². The summed E-state index contributed by atoms with van der Waals surface area (Å²) < 4.78 is 6.09. The molecule has 1 amide bonds. The predicted molar refractivity (Wildman–Crippen MR) is 86.8 cm³/mol. The van der Waals surface area contributed by atoms with E-state index in [9.17, 15) is 4.79 Å². The van der Waals surface area contributed by atoms with Gasteiger partial charge in [0.15, 0.2) is 0 Å². The first-order valence-corrected chi connectivity index (χ1v) is 8.66. The summed E-state index contributed by atoms with van der Waals surface area (Å²) in [7, 11) is 0. The Hall–Kier alpha value is -1.54. The van der Waals surface area contributed by atoms with Crippen LogP contribution in [0.3, 0.4) is 0 Å². The van der Waals surface area contributed by atoms with E-state index in [2.05, 4.69) is 22.1 Å². The fourth-order valence-corrected chi connectivity index (χ4v) is 4.30. The molecule has 4 rings (SSSR count). The van der Waals surface area contributed by atoms with Gasteiger partial charge >= 0.3 is 0 Å². The molecule has 3 N–H and O–H groups in total. The largest absolute Gasteiger partial charge is 0.371 e. The first kappa shape index (κ1) is 16.0. The van der Waals surface area contributed by atoms with Crippen molar-refractivity contribution in [2.24, 2.45) is 0 Å². The summed E-state index contributed by atoms with van der Waals surface area (Å²) in [5.74, 6) is -0.519. The predicted octanol–water partition coefficient (Wildman–Crippen LogP) is 0.468. The highest BCUT2D eigenvalue weighted by Gasteiger charge is 2.48. The molecule has 130 valence electrons. The number of hydroxylamine groups is 1. The SMILES string of the molecule is CC[C@@H]1Cc2ncc(C(=O)NO)cc2CN1C[C@]12CN[C@H](CO1)C2. The van der Waals surface area contributed by atoms with Crippen molar-refractivity contribution in [1.82, 2.24) is 20.7 Å². The van der Waals surface area contributed by atoms with Crippen LogP contribution in [0.15, 0.2) is 12.3 Å². The average Bonchev–Trinajstić information content (AvgIpc) is 3.20. The topological polar surface area (TPSA) is 86.7 Å². The standard InChI is InChI=1S/C17H24N4O3/c1-2-14-4-15-12(3-11(6-18-15)16(22)20-23)7-21(14)10-17-5-13(8-24-17)19-9-17/h3,6,13-14,19,23H,2,4-5,7-10H2,1H3,(H,20,22)/t13-,14+,17-/m0/s1. The molecule has 2 fully saturated rings. The summed E-state index contributed by atoms with van der Waals surface area (Å²) in [6.07, 6.45) is 4.57. The molecular formula is C17H24N4O3. The van der Waals surface area contributed by atoms with Gasteiger partial charge in [-0.2, -0.15) is 0 Å². The van der Waals surface area contributed by atoms with Crippen molar-refractivity contribution in [1.29, 1.82) is 0 Å². The Kier molecular flexibility index (Phi) is 4.04. The molecule has 0 aromatic carbocycles. The second-order valence-electron chi connectivity index (χ2n) is 7.22. The summed E-state index contributed by atoms with van der Waals surface area (Å²) in [4.78, 5) is 18.6. The maximum absolute atomic E-state index is 11.6. The summed E-state index contributed by atoms with van der Waals surface area (Å²) in [6, 6.07) is 2.79.